The third-order valence-corrected chi connectivity index (χ3v) is 3.06. The molecule has 0 unspecified atom stereocenters. The van der Waals surface area contributed by atoms with E-state index in [1.165, 1.54) is 0 Å². The summed E-state index contributed by atoms with van der Waals surface area (Å²) < 4.78 is 5.09. The molecule has 0 bridgehead atoms. The Kier molecular flexibility index (Phi) is 5.60. The molecule has 0 radical (unpaired) electrons. The summed E-state index contributed by atoms with van der Waals surface area (Å²) in [6, 6.07) is 14.9. The summed E-state index contributed by atoms with van der Waals surface area (Å²) in [5, 5.41) is 12.4. The number of carbonyl (C=O) groups excluding carboxylic acids is 1. The summed E-state index contributed by atoms with van der Waals surface area (Å²) in [6.07, 6.45) is 3.04. The van der Waals surface area contributed by atoms with Gasteiger partial charge in [0.05, 0.1) is 0 Å². The lowest BCUT2D eigenvalue weighted by molar-refractivity contribution is 0.141. The van der Waals surface area contributed by atoms with Gasteiger partial charge in [-0.1, -0.05) is 54.6 Å². The van der Waals surface area contributed by atoms with Crippen molar-refractivity contribution in [2.24, 2.45) is 0 Å². The smallest absolute Gasteiger partial charge is 0.407 e. The van der Waals surface area contributed by atoms with Gasteiger partial charge in [-0.05, 0) is 24.1 Å². The van der Waals surface area contributed by atoms with Crippen molar-refractivity contribution in [2.75, 3.05) is 6.54 Å². The van der Waals surface area contributed by atoms with Crippen LogP contribution in [0.2, 0.25) is 0 Å². The Bertz CT molecular complexity index is 651. The molecule has 2 rings (SSSR count). The van der Waals surface area contributed by atoms with Crippen LogP contribution in [0.3, 0.4) is 0 Å². The summed E-state index contributed by atoms with van der Waals surface area (Å²) in [5.74, 6) is 0.225. The van der Waals surface area contributed by atoms with E-state index in [1.807, 2.05) is 49.4 Å². The number of nitrogens with one attached hydrogen (secondary N) is 1. The zero-order valence-electron chi connectivity index (χ0n) is 12.5. The van der Waals surface area contributed by atoms with Gasteiger partial charge >= 0.3 is 6.09 Å². The molecule has 0 saturated carbocycles. The number of amides is 1. The third kappa shape index (κ3) is 4.98. The predicted octanol–water partition coefficient (Wildman–Crippen LogP) is 3.64. The zero-order chi connectivity index (χ0) is 15.8. The number of ether oxygens (including phenoxy) is 1. The topological polar surface area (TPSA) is 58.6 Å². The number of phenolic OH excluding ortho intramolecular Hbond substituents is 1. The molecule has 0 atom stereocenters. The second-order valence-electron chi connectivity index (χ2n) is 4.91. The van der Waals surface area contributed by atoms with Crippen molar-refractivity contribution in [3.05, 3.63) is 71.3 Å². The number of hydrogen-bond donors (Lipinski definition) is 2. The van der Waals surface area contributed by atoms with Gasteiger partial charge in [-0.15, -0.1) is 0 Å². The standard InChI is InChI=1S/C18H19NO3/c1-14-9-10-16(17(20)12-14)8-5-11-19-18(21)22-13-15-6-3-2-4-7-15/h2-10,12,20H,11,13H2,1H3,(H,19,21). The van der Waals surface area contributed by atoms with Crippen molar-refractivity contribution in [3.8, 4) is 5.75 Å². The van der Waals surface area contributed by atoms with Crippen LogP contribution < -0.4 is 5.32 Å². The number of carbonyl (C=O) groups is 1. The molecule has 2 aromatic carbocycles. The van der Waals surface area contributed by atoms with E-state index >= 15 is 0 Å². The third-order valence-electron chi connectivity index (χ3n) is 3.06. The van der Waals surface area contributed by atoms with E-state index in [1.54, 1.807) is 18.2 Å². The highest BCUT2D eigenvalue weighted by Crippen LogP contribution is 2.19. The fourth-order valence-corrected chi connectivity index (χ4v) is 1.90. The summed E-state index contributed by atoms with van der Waals surface area (Å²) >= 11 is 0. The number of hydrogen-bond acceptors (Lipinski definition) is 3. The minimum atomic E-state index is -0.471. The first kappa shape index (κ1) is 15.6. The first-order chi connectivity index (χ1) is 10.6. The zero-order valence-corrected chi connectivity index (χ0v) is 12.5. The second kappa shape index (κ2) is 7.88. The van der Waals surface area contributed by atoms with E-state index in [4.69, 9.17) is 4.74 Å². The van der Waals surface area contributed by atoms with Crippen LogP contribution in [0.4, 0.5) is 4.79 Å². The van der Waals surface area contributed by atoms with Crippen LogP contribution in [0.5, 0.6) is 5.75 Å². The largest absolute Gasteiger partial charge is 0.507 e. The first-order valence-corrected chi connectivity index (χ1v) is 7.06. The van der Waals surface area contributed by atoms with Gasteiger partial charge in [0, 0.05) is 12.1 Å². The lowest BCUT2D eigenvalue weighted by Crippen LogP contribution is -2.24. The second-order valence-corrected chi connectivity index (χ2v) is 4.91. The molecule has 0 fully saturated rings. The maximum Gasteiger partial charge on any atom is 0.407 e. The number of alkyl carbamates (subject to hydrolysis) is 1. The van der Waals surface area contributed by atoms with Crippen molar-refractivity contribution < 1.29 is 14.6 Å². The SMILES string of the molecule is Cc1ccc(C=CCNC(=O)OCc2ccccc2)c(O)c1. The van der Waals surface area contributed by atoms with Crippen molar-refractivity contribution in [1.82, 2.24) is 5.32 Å². The van der Waals surface area contributed by atoms with Crippen molar-refractivity contribution in [3.63, 3.8) is 0 Å². The highest BCUT2D eigenvalue weighted by Gasteiger charge is 2.00. The van der Waals surface area contributed by atoms with Crippen LogP contribution in [0.1, 0.15) is 16.7 Å². The minimum Gasteiger partial charge on any atom is -0.507 e. The highest BCUT2D eigenvalue weighted by molar-refractivity contribution is 5.67. The van der Waals surface area contributed by atoms with E-state index in [0.29, 0.717) is 12.1 Å². The Morgan fingerprint density at radius 1 is 1.23 bits per heavy atom. The average Bonchev–Trinajstić information content (AvgIpc) is 2.52. The molecule has 0 heterocycles. The lowest BCUT2D eigenvalue weighted by atomic mass is 10.1. The van der Waals surface area contributed by atoms with Crippen LogP contribution >= 0.6 is 0 Å². The van der Waals surface area contributed by atoms with E-state index in [2.05, 4.69) is 5.32 Å². The lowest BCUT2D eigenvalue weighted by Gasteiger charge is -2.05. The summed E-state index contributed by atoms with van der Waals surface area (Å²) in [4.78, 5) is 11.5. The molecule has 0 aliphatic carbocycles. The fourth-order valence-electron chi connectivity index (χ4n) is 1.90. The molecule has 0 spiro atoms. The molecule has 0 aliphatic heterocycles. The van der Waals surface area contributed by atoms with Crippen LogP contribution in [0.25, 0.3) is 6.08 Å². The van der Waals surface area contributed by atoms with Crippen LogP contribution in [0.15, 0.2) is 54.6 Å². The molecule has 0 saturated heterocycles. The van der Waals surface area contributed by atoms with E-state index in [-0.39, 0.29) is 12.4 Å². The monoisotopic (exact) mass is 297 g/mol. The summed E-state index contributed by atoms with van der Waals surface area (Å²) in [6.45, 7) is 2.49. The predicted molar refractivity (Wildman–Crippen MR) is 86.5 cm³/mol. The van der Waals surface area contributed by atoms with Gasteiger partial charge < -0.3 is 15.2 Å². The van der Waals surface area contributed by atoms with E-state index in [9.17, 15) is 9.90 Å². The molecule has 0 aromatic heterocycles. The quantitative estimate of drug-likeness (QED) is 0.886. The van der Waals surface area contributed by atoms with Gasteiger partial charge in [0.2, 0.25) is 0 Å². The Labute approximate surface area is 130 Å². The summed E-state index contributed by atoms with van der Waals surface area (Å²) in [5.41, 5.74) is 2.65. The van der Waals surface area contributed by atoms with Crippen LogP contribution in [-0.2, 0) is 11.3 Å². The molecular formula is C18H19NO3. The number of rotatable bonds is 5. The van der Waals surface area contributed by atoms with Gasteiger partial charge in [-0.25, -0.2) is 4.79 Å². The van der Waals surface area contributed by atoms with E-state index in [0.717, 1.165) is 11.1 Å². The first-order valence-electron chi connectivity index (χ1n) is 7.06. The van der Waals surface area contributed by atoms with E-state index < -0.39 is 6.09 Å². The normalized spacial score (nSPS) is 10.6. The molecule has 2 aromatic rings. The molecule has 2 N–H and O–H groups in total. The van der Waals surface area contributed by atoms with Crippen LogP contribution in [0, 0.1) is 6.92 Å². The van der Waals surface area contributed by atoms with Crippen LogP contribution in [-0.4, -0.2) is 17.7 Å². The molecule has 4 nitrogen and oxygen atoms in total. The molecule has 22 heavy (non-hydrogen) atoms. The molecule has 0 aliphatic rings. The number of aromatic hydroxyl groups is 1. The van der Waals surface area contributed by atoms with Gasteiger partial charge in [0.1, 0.15) is 12.4 Å². The van der Waals surface area contributed by atoms with Gasteiger partial charge in [0.15, 0.2) is 0 Å². The van der Waals surface area contributed by atoms with Gasteiger partial charge in [-0.3, -0.25) is 0 Å². The maximum atomic E-state index is 11.5. The Morgan fingerprint density at radius 3 is 2.73 bits per heavy atom. The van der Waals surface area contributed by atoms with Crippen molar-refractivity contribution in [2.45, 2.75) is 13.5 Å². The molecule has 1 amide bonds. The fraction of sp³-hybridized carbons (Fsp3) is 0.167. The van der Waals surface area contributed by atoms with Crippen molar-refractivity contribution in [1.29, 1.82) is 0 Å². The Hall–Kier alpha value is -2.75. The maximum absolute atomic E-state index is 11.5. The molecule has 4 heteroatoms. The van der Waals surface area contributed by atoms with Gasteiger partial charge in [0.25, 0.3) is 0 Å². The minimum absolute atomic E-state index is 0.225. The number of phenols is 1. The van der Waals surface area contributed by atoms with Crippen molar-refractivity contribution >= 4 is 12.2 Å². The number of benzene rings is 2. The molecular weight excluding hydrogens is 278 g/mol. The summed E-state index contributed by atoms with van der Waals surface area (Å²) in [7, 11) is 0. The Morgan fingerprint density at radius 2 is 2.00 bits per heavy atom. The Balaban J connectivity index is 1.73. The highest BCUT2D eigenvalue weighted by atomic mass is 16.5. The molecule has 114 valence electrons. The van der Waals surface area contributed by atoms with Gasteiger partial charge in [-0.2, -0.15) is 0 Å². The average molecular weight is 297 g/mol. The number of aryl methyl sites for hydroxylation is 1.